The van der Waals surface area contributed by atoms with E-state index in [1.165, 1.54) is 6.08 Å². The van der Waals surface area contributed by atoms with Gasteiger partial charge in [-0.1, -0.05) is 6.08 Å². The first-order valence-electron chi connectivity index (χ1n) is 3.18. The van der Waals surface area contributed by atoms with E-state index < -0.39 is 11.7 Å². The molecule has 1 nitrogen and oxygen atoms in total. The second kappa shape index (κ2) is 2.60. The molecule has 0 saturated carbocycles. The van der Waals surface area contributed by atoms with Crippen molar-refractivity contribution < 1.29 is 13.2 Å². The average Bonchev–Trinajstić information content (AvgIpc) is 1.86. The zero-order valence-electron chi connectivity index (χ0n) is 6.00. The maximum atomic E-state index is 11.9. The van der Waals surface area contributed by atoms with Crippen LogP contribution in [0.15, 0.2) is 23.4 Å². The van der Waals surface area contributed by atoms with Gasteiger partial charge < -0.3 is 5.32 Å². The Labute approximate surface area is 62.6 Å². The number of halogens is 3. The number of hydrogen-bond acceptors (Lipinski definition) is 1. The van der Waals surface area contributed by atoms with Crippen molar-refractivity contribution in [2.45, 2.75) is 13.1 Å². The molecule has 1 rings (SSSR count). The highest BCUT2D eigenvalue weighted by Gasteiger charge is 2.33. The molecule has 1 N–H and O–H groups in total. The molecule has 0 unspecified atom stereocenters. The number of rotatable bonds is 0. The minimum absolute atomic E-state index is 0.119. The van der Waals surface area contributed by atoms with Crippen molar-refractivity contribution in [1.29, 1.82) is 0 Å². The van der Waals surface area contributed by atoms with E-state index in [0.717, 1.165) is 11.8 Å². The number of dihydropyridines is 1. The van der Waals surface area contributed by atoms with Crippen LogP contribution in [0.25, 0.3) is 0 Å². The molecule has 0 fully saturated rings. The molecule has 0 bridgehead atoms. The quantitative estimate of drug-likeness (QED) is 0.575. The third kappa shape index (κ3) is 2.00. The highest BCUT2D eigenvalue weighted by Crippen LogP contribution is 2.26. The topological polar surface area (TPSA) is 12.0 Å². The van der Waals surface area contributed by atoms with Gasteiger partial charge in [-0.3, -0.25) is 0 Å². The van der Waals surface area contributed by atoms with Crippen LogP contribution >= 0.6 is 0 Å². The van der Waals surface area contributed by atoms with Crippen molar-refractivity contribution >= 4 is 0 Å². The first-order valence-corrected chi connectivity index (χ1v) is 3.18. The number of allylic oxidation sites excluding steroid dienone is 3. The van der Waals surface area contributed by atoms with Gasteiger partial charge in [0.2, 0.25) is 0 Å². The first-order chi connectivity index (χ1) is 5.00. The van der Waals surface area contributed by atoms with Crippen LogP contribution in [0.4, 0.5) is 13.2 Å². The first kappa shape index (κ1) is 8.17. The fourth-order valence-electron chi connectivity index (χ4n) is 0.773. The second-order valence-corrected chi connectivity index (χ2v) is 2.39. The Morgan fingerprint density at radius 2 is 2.00 bits per heavy atom. The number of nitrogens with one attached hydrogen (secondary N) is 1. The Hall–Kier alpha value is -0.930. The highest BCUT2D eigenvalue weighted by molar-refractivity contribution is 5.25. The van der Waals surface area contributed by atoms with Gasteiger partial charge in [0.1, 0.15) is 0 Å². The molecule has 11 heavy (non-hydrogen) atoms. The van der Waals surface area contributed by atoms with E-state index in [9.17, 15) is 13.2 Å². The molecule has 0 aliphatic carbocycles. The molecular formula is C7H8F3N. The van der Waals surface area contributed by atoms with Crippen molar-refractivity contribution in [3.05, 3.63) is 23.4 Å². The molecule has 0 aromatic carbocycles. The van der Waals surface area contributed by atoms with Crippen LogP contribution in [-0.2, 0) is 0 Å². The molecule has 0 radical (unpaired) electrons. The molecule has 0 spiro atoms. The summed E-state index contributed by atoms with van der Waals surface area (Å²) in [6, 6.07) is 0. The molecule has 62 valence electrons. The second-order valence-electron chi connectivity index (χ2n) is 2.39. The molecule has 1 aliphatic heterocycles. The van der Waals surface area contributed by atoms with E-state index in [0.29, 0.717) is 0 Å². The highest BCUT2D eigenvalue weighted by atomic mass is 19.4. The van der Waals surface area contributed by atoms with Gasteiger partial charge in [-0.25, -0.2) is 0 Å². The smallest absolute Gasteiger partial charge is 0.384 e. The zero-order chi connectivity index (χ0) is 8.48. The van der Waals surface area contributed by atoms with Gasteiger partial charge >= 0.3 is 6.18 Å². The maximum absolute atomic E-state index is 11.9. The normalized spacial score (nSPS) is 18.5. The third-order valence-electron chi connectivity index (χ3n) is 1.46. The van der Waals surface area contributed by atoms with E-state index in [1.807, 2.05) is 0 Å². The summed E-state index contributed by atoms with van der Waals surface area (Å²) in [6.07, 6.45) is -1.66. The van der Waals surface area contributed by atoms with Crippen molar-refractivity contribution in [2.24, 2.45) is 0 Å². The Morgan fingerprint density at radius 3 is 2.36 bits per heavy atom. The van der Waals surface area contributed by atoms with Gasteiger partial charge in [-0.2, -0.15) is 13.2 Å². The SMILES string of the molecule is CC1=CC=C(C(F)(F)F)CN1. The lowest BCUT2D eigenvalue weighted by atomic mass is 10.1. The molecular weight excluding hydrogens is 155 g/mol. The summed E-state index contributed by atoms with van der Waals surface area (Å²) < 4.78 is 35.8. The van der Waals surface area contributed by atoms with E-state index in [-0.39, 0.29) is 6.54 Å². The Bertz CT molecular complexity index is 212. The van der Waals surface area contributed by atoms with Gasteiger partial charge in [0.25, 0.3) is 0 Å². The summed E-state index contributed by atoms with van der Waals surface area (Å²) in [7, 11) is 0. The third-order valence-corrected chi connectivity index (χ3v) is 1.46. The zero-order valence-corrected chi connectivity index (χ0v) is 6.00. The van der Waals surface area contributed by atoms with Crippen LogP contribution in [0.5, 0.6) is 0 Å². The average molecular weight is 163 g/mol. The van der Waals surface area contributed by atoms with Crippen molar-refractivity contribution in [1.82, 2.24) is 5.32 Å². The summed E-state index contributed by atoms with van der Waals surface area (Å²) in [5, 5.41) is 2.61. The largest absolute Gasteiger partial charge is 0.414 e. The lowest BCUT2D eigenvalue weighted by molar-refractivity contribution is -0.0929. The maximum Gasteiger partial charge on any atom is 0.414 e. The van der Waals surface area contributed by atoms with Crippen molar-refractivity contribution in [2.75, 3.05) is 6.54 Å². The van der Waals surface area contributed by atoms with Gasteiger partial charge in [0.15, 0.2) is 0 Å². The molecule has 0 saturated heterocycles. The van der Waals surface area contributed by atoms with Crippen molar-refractivity contribution in [3.63, 3.8) is 0 Å². The minimum Gasteiger partial charge on any atom is -0.384 e. The molecule has 4 heteroatoms. The van der Waals surface area contributed by atoms with Gasteiger partial charge in [-0.15, -0.1) is 0 Å². The van der Waals surface area contributed by atoms with Crippen molar-refractivity contribution in [3.8, 4) is 0 Å². The Morgan fingerprint density at radius 1 is 1.36 bits per heavy atom. The van der Waals surface area contributed by atoms with Crippen LogP contribution in [0, 0.1) is 0 Å². The Kier molecular flexibility index (Phi) is 1.93. The molecule has 0 aromatic heterocycles. The Balaban J connectivity index is 2.77. The van der Waals surface area contributed by atoms with Crippen LogP contribution in [0.1, 0.15) is 6.92 Å². The van der Waals surface area contributed by atoms with E-state index >= 15 is 0 Å². The predicted octanol–water partition coefficient (Wildman–Crippen LogP) is 1.98. The fraction of sp³-hybridized carbons (Fsp3) is 0.429. The summed E-state index contributed by atoms with van der Waals surface area (Å²) in [5.74, 6) is 0. The van der Waals surface area contributed by atoms with Gasteiger partial charge in [0.05, 0.1) is 5.57 Å². The van der Waals surface area contributed by atoms with Crippen LogP contribution in [0.2, 0.25) is 0 Å². The standard InChI is InChI=1S/C7H8F3N/c1-5-2-3-6(4-11-5)7(8,9)10/h2-3,11H,4H2,1H3. The summed E-state index contributed by atoms with van der Waals surface area (Å²) in [4.78, 5) is 0. The van der Waals surface area contributed by atoms with E-state index in [2.05, 4.69) is 5.32 Å². The summed E-state index contributed by atoms with van der Waals surface area (Å²) >= 11 is 0. The molecule has 1 aliphatic rings. The van der Waals surface area contributed by atoms with E-state index in [1.54, 1.807) is 6.92 Å². The van der Waals surface area contributed by atoms with Gasteiger partial charge in [0, 0.05) is 12.2 Å². The molecule has 0 aromatic rings. The predicted molar refractivity (Wildman–Crippen MR) is 35.9 cm³/mol. The fourth-order valence-corrected chi connectivity index (χ4v) is 0.773. The lowest BCUT2D eigenvalue weighted by Gasteiger charge is -2.16. The lowest BCUT2D eigenvalue weighted by Crippen LogP contribution is -2.26. The van der Waals surface area contributed by atoms with Gasteiger partial charge in [-0.05, 0) is 13.0 Å². The minimum atomic E-state index is -4.19. The van der Waals surface area contributed by atoms with Crippen LogP contribution in [0.3, 0.4) is 0 Å². The molecule has 0 amide bonds. The monoisotopic (exact) mass is 163 g/mol. The van der Waals surface area contributed by atoms with Crippen LogP contribution in [-0.4, -0.2) is 12.7 Å². The van der Waals surface area contributed by atoms with Crippen LogP contribution < -0.4 is 5.32 Å². The number of alkyl halides is 3. The molecule has 0 atom stereocenters. The summed E-state index contributed by atoms with van der Waals surface area (Å²) in [6.45, 7) is 1.61. The molecule has 1 heterocycles. The van der Waals surface area contributed by atoms with E-state index in [4.69, 9.17) is 0 Å². The number of hydrogen-bond donors (Lipinski definition) is 1. The summed E-state index contributed by atoms with van der Waals surface area (Å²) in [5.41, 5.74) is 0.237.